The van der Waals surface area contributed by atoms with Gasteiger partial charge < -0.3 is 4.90 Å². The van der Waals surface area contributed by atoms with Crippen LogP contribution in [0.1, 0.15) is 18.4 Å². The van der Waals surface area contributed by atoms with Gasteiger partial charge in [0.15, 0.2) is 0 Å². The summed E-state index contributed by atoms with van der Waals surface area (Å²) >= 11 is 1.54. The van der Waals surface area contributed by atoms with Crippen LogP contribution in [0, 0.1) is 11.3 Å². The summed E-state index contributed by atoms with van der Waals surface area (Å²) in [6, 6.07) is 10.2. The second kappa shape index (κ2) is 6.46. The van der Waals surface area contributed by atoms with Gasteiger partial charge in [0.1, 0.15) is 0 Å². The van der Waals surface area contributed by atoms with Crippen LogP contribution >= 0.6 is 11.8 Å². The summed E-state index contributed by atoms with van der Waals surface area (Å²) < 4.78 is 0. The number of aryl methyl sites for hydroxylation is 1. The molecule has 1 heterocycles. The van der Waals surface area contributed by atoms with Crippen LogP contribution in [0.3, 0.4) is 0 Å². The molecular formula is C14H16N2OS. The fraction of sp³-hybridized carbons (Fsp3) is 0.429. The minimum atomic E-state index is 0.157. The van der Waals surface area contributed by atoms with E-state index in [1.165, 1.54) is 5.56 Å². The van der Waals surface area contributed by atoms with E-state index in [1.807, 2.05) is 23.1 Å². The third kappa shape index (κ3) is 3.05. The zero-order valence-corrected chi connectivity index (χ0v) is 11.1. The molecule has 0 aromatic heterocycles. The van der Waals surface area contributed by atoms with Crippen LogP contribution in [0.5, 0.6) is 0 Å². The minimum absolute atomic E-state index is 0.157. The summed E-state index contributed by atoms with van der Waals surface area (Å²) in [6.45, 7) is 0.814. The zero-order chi connectivity index (χ0) is 12.8. The average Bonchev–Trinajstić information content (AvgIpc) is 2.43. The number of carbonyl (C=O) groups excluding carboxylic acids is 1. The molecule has 2 rings (SSSR count). The van der Waals surface area contributed by atoms with Crippen molar-refractivity contribution in [1.29, 1.82) is 5.26 Å². The molecule has 1 aromatic rings. The first-order valence-electron chi connectivity index (χ1n) is 6.16. The molecule has 0 N–H and O–H groups in total. The molecule has 1 aliphatic heterocycles. The second-order valence-corrected chi connectivity index (χ2v) is 5.34. The highest BCUT2D eigenvalue weighted by atomic mass is 32.2. The number of benzene rings is 1. The van der Waals surface area contributed by atoms with Gasteiger partial charge in [-0.1, -0.05) is 18.2 Å². The van der Waals surface area contributed by atoms with Gasteiger partial charge in [0.05, 0.1) is 11.8 Å². The van der Waals surface area contributed by atoms with Crippen LogP contribution < -0.4 is 4.90 Å². The topological polar surface area (TPSA) is 44.1 Å². The molecule has 1 aliphatic rings. The second-order valence-electron chi connectivity index (χ2n) is 4.24. The molecule has 0 spiro atoms. The molecule has 18 heavy (non-hydrogen) atoms. The van der Waals surface area contributed by atoms with Crippen molar-refractivity contribution < 1.29 is 4.79 Å². The Morgan fingerprint density at radius 2 is 2.28 bits per heavy atom. The average molecular weight is 260 g/mol. The molecule has 0 radical (unpaired) electrons. The Labute approximate surface area is 112 Å². The van der Waals surface area contributed by atoms with E-state index in [-0.39, 0.29) is 5.91 Å². The lowest BCUT2D eigenvalue weighted by atomic mass is 10.0. The lowest BCUT2D eigenvalue weighted by Crippen LogP contribution is -2.36. The zero-order valence-electron chi connectivity index (χ0n) is 10.3. The van der Waals surface area contributed by atoms with Crippen molar-refractivity contribution in [3.05, 3.63) is 29.8 Å². The fourth-order valence-corrected chi connectivity index (χ4v) is 2.86. The van der Waals surface area contributed by atoms with Crippen molar-refractivity contribution >= 4 is 23.4 Å². The van der Waals surface area contributed by atoms with Crippen molar-refractivity contribution in [2.75, 3.05) is 23.0 Å². The third-order valence-corrected chi connectivity index (χ3v) is 3.94. The Bertz CT molecular complexity index is 467. The monoisotopic (exact) mass is 260 g/mol. The number of fused-ring (bicyclic) bond motifs is 1. The first kappa shape index (κ1) is 13.0. The van der Waals surface area contributed by atoms with Gasteiger partial charge in [-0.3, -0.25) is 4.79 Å². The molecule has 0 unspecified atom stereocenters. The summed E-state index contributed by atoms with van der Waals surface area (Å²) in [5.74, 6) is 1.36. The number of amides is 1. The van der Waals surface area contributed by atoms with Gasteiger partial charge in [-0.05, 0) is 24.5 Å². The number of carbonyl (C=O) groups is 1. The smallest absolute Gasteiger partial charge is 0.236 e. The number of rotatable bonds is 4. The molecule has 0 fully saturated rings. The minimum Gasteiger partial charge on any atom is -0.311 e. The Morgan fingerprint density at radius 3 is 3.11 bits per heavy atom. The summed E-state index contributed by atoms with van der Waals surface area (Å²) in [7, 11) is 0. The Morgan fingerprint density at radius 1 is 1.44 bits per heavy atom. The first-order chi connectivity index (χ1) is 8.83. The van der Waals surface area contributed by atoms with Gasteiger partial charge in [-0.25, -0.2) is 0 Å². The van der Waals surface area contributed by atoms with Crippen LogP contribution in [-0.4, -0.2) is 24.0 Å². The highest BCUT2D eigenvalue weighted by Crippen LogP contribution is 2.27. The first-order valence-corrected chi connectivity index (χ1v) is 7.31. The van der Waals surface area contributed by atoms with Crippen molar-refractivity contribution in [1.82, 2.24) is 0 Å². The predicted octanol–water partition coefficient (Wildman–Crippen LogP) is 2.61. The van der Waals surface area contributed by atoms with E-state index in [9.17, 15) is 4.79 Å². The van der Waals surface area contributed by atoms with Gasteiger partial charge in [0, 0.05) is 24.4 Å². The Kier molecular flexibility index (Phi) is 4.66. The molecule has 3 nitrogen and oxygen atoms in total. The van der Waals surface area contributed by atoms with Crippen LogP contribution in [0.15, 0.2) is 24.3 Å². The van der Waals surface area contributed by atoms with E-state index in [0.29, 0.717) is 12.2 Å². The molecular weight excluding hydrogens is 244 g/mol. The van der Waals surface area contributed by atoms with Gasteiger partial charge in [-0.15, -0.1) is 0 Å². The number of thioether (sulfide) groups is 1. The molecule has 0 saturated heterocycles. The molecule has 1 amide bonds. The highest BCUT2D eigenvalue weighted by molar-refractivity contribution is 7.99. The van der Waals surface area contributed by atoms with E-state index in [2.05, 4.69) is 12.1 Å². The quantitative estimate of drug-likeness (QED) is 0.782. The summed E-state index contributed by atoms with van der Waals surface area (Å²) in [5, 5.41) is 8.45. The van der Waals surface area contributed by atoms with Gasteiger partial charge in [-0.2, -0.15) is 17.0 Å². The van der Waals surface area contributed by atoms with E-state index in [1.54, 1.807) is 11.8 Å². The molecule has 1 aromatic carbocycles. The van der Waals surface area contributed by atoms with Gasteiger partial charge >= 0.3 is 0 Å². The molecule has 0 saturated carbocycles. The number of anilines is 1. The van der Waals surface area contributed by atoms with Crippen molar-refractivity contribution in [2.24, 2.45) is 0 Å². The van der Waals surface area contributed by atoms with Crippen molar-refractivity contribution in [2.45, 2.75) is 19.3 Å². The predicted molar refractivity (Wildman–Crippen MR) is 74.7 cm³/mol. The fourth-order valence-electron chi connectivity index (χ4n) is 2.15. The maximum atomic E-state index is 12.1. The number of hydrogen-bond acceptors (Lipinski definition) is 3. The van der Waals surface area contributed by atoms with E-state index < -0.39 is 0 Å². The van der Waals surface area contributed by atoms with Crippen LogP contribution in [0.2, 0.25) is 0 Å². The largest absolute Gasteiger partial charge is 0.311 e. The van der Waals surface area contributed by atoms with Crippen molar-refractivity contribution in [3.63, 3.8) is 0 Å². The third-order valence-electron chi connectivity index (χ3n) is 3.00. The SMILES string of the molecule is N#CCCSCC(=O)N1CCCc2ccccc21. The van der Waals surface area contributed by atoms with Crippen molar-refractivity contribution in [3.8, 4) is 6.07 Å². The number of hydrogen-bond donors (Lipinski definition) is 0. The molecule has 0 bridgehead atoms. The van der Waals surface area contributed by atoms with Crippen LogP contribution in [-0.2, 0) is 11.2 Å². The number of nitrogens with zero attached hydrogens (tertiary/aromatic N) is 2. The maximum Gasteiger partial charge on any atom is 0.236 e. The normalized spacial score (nSPS) is 13.8. The van der Waals surface area contributed by atoms with Crippen LogP contribution in [0.4, 0.5) is 5.69 Å². The Balaban J connectivity index is 1.98. The molecule has 94 valence electrons. The van der Waals surface area contributed by atoms with E-state index in [4.69, 9.17) is 5.26 Å². The maximum absolute atomic E-state index is 12.1. The summed E-state index contributed by atoms with van der Waals surface area (Å²) in [4.78, 5) is 14.0. The number of nitriles is 1. The van der Waals surface area contributed by atoms with E-state index >= 15 is 0 Å². The summed E-state index contributed by atoms with van der Waals surface area (Å²) in [6.07, 6.45) is 2.60. The highest BCUT2D eigenvalue weighted by Gasteiger charge is 2.21. The standard InChI is InChI=1S/C14H16N2OS/c15-8-4-10-18-11-14(17)16-9-3-6-12-5-1-2-7-13(12)16/h1-2,5,7H,3-4,6,9-11H2. The number of para-hydroxylation sites is 1. The van der Waals surface area contributed by atoms with Crippen LogP contribution in [0.25, 0.3) is 0 Å². The summed E-state index contributed by atoms with van der Waals surface area (Å²) in [5.41, 5.74) is 2.33. The molecule has 0 atom stereocenters. The van der Waals surface area contributed by atoms with Gasteiger partial charge in [0.2, 0.25) is 5.91 Å². The Hall–Kier alpha value is -1.47. The molecule has 4 heteroatoms. The molecule has 0 aliphatic carbocycles. The lowest BCUT2D eigenvalue weighted by Gasteiger charge is -2.29. The lowest BCUT2D eigenvalue weighted by molar-refractivity contribution is -0.116. The van der Waals surface area contributed by atoms with Gasteiger partial charge in [0.25, 0.3) is 0 Å². The van der Waals surface area contributed by atoms with E-state index in [0.717, 1.165) is 30.8 Å².